The smallest absolute Gasteiger partial charge is 0.141 e. The van der Waals surface area contributed by atoms with Crippen LogP contribution in [0.2, 0.25) is 0 Å². The lowest BCUT2D eigenvalue weighted by atomic mass is 10.0. The number of hydrogen-bond donors (Lipinski definition) is 1. The molecule has 2 heterocycles. The van der Waals surface area contributed by atoms with E-state index in [1.165, 1.54) is 31.6 Å². The van der Waals surface area contributed by atoms with Crippen molar-refractivity contribution < 1.29 is 4.39 Å². The Labute approximate surface area is 127 Å². The molecule has 1 aliphatic heterocycles. The van der Waals surface area contributed by atoms with Crippen molar-refractivity contribution in [3.8, 4) is 0 Å². The second-order valence-corrected chi connectivity index (χ2v) is 6.09. The second kappa shape index (κ2) is 7.82. The Hall–Kier alpha value is -1.04. The highest BCUT2D eigenvalue weighted by Gasteiger charge is 2.22. The Kier molecular flexibility index (Phi) is 6.08. The van der Waals surface area contributed by atoms with Crippen LogP contribution in [0, 0.1) is 5.82 Å². The summed E-state index contributed by atoms with van der Waals surface area (Å²) in [6.07, 6.45) is 4.85. The Morgan fingerprint density at radius 3 is 2.90 bits per heavy atom. The number of halogens is 1. The van der Waals surface area contributed by atoms with Crippen molar-refractivity contribution in [2.45, 2.75) is 31.3 Å². The molecule has 1 fully saturated rings. The molecule has 1 saturated heterocycles. The normalized spacial score (nSPS) is 21.7. The van der Waals surface area contributed by atoms with Crippen molar-refractivity contribution in [1.29, 1.82) is 0 Å². The summed E-state index contributed by atoms with van der Waals surface area (Å²) in [5, 5.41) is 3.29. The number of aromatic nitrogens is 1. The van der Waals surface area contributed by atoms with Gasteiger partial charge in [0.2, 0.25) is 0 Å². The van der Waals surface area contributed by atoms with Crippen LogP contribution in [-0.4, -0.2) is 61.6 Å². The highest BCUT2D eigenvalue weighted by molar-refractivity contribution is 5.09. The predicted octanol–water partition coefficient (Wildman–Crippen LogP) is 1.90. The van der Waals surface area contributed by atoms with E-state index in [0.29, 0.717) is 6.04 Å². The molecule has 1 N–H and O–H groups in total. The fourth-order valence-corrected chi connectivity index (χ4v) is 3.00. The fourth-order valence-electron chi connectivity index (χ4n) is 3.00. The first kappa shape index (κ1) is 16.3. The zero-order valence-corrected chi connectivity index (χ0v) is 13.3. The molecule has 0 amide bonds. The second-order valence-electron chi connectivity index (χ2n) is 6.09. The Morgan fingerprint density at radius 2 is 2.29 bits per heavy atom. The molecule has 2 rings (SSSR count). The number of pyridine rings is 1. The van der Waals surface area contributed by atoms with Gasteiger partial charge in [0.25, 0.3) is 0 Å². The Balaban J connectivity index is 1.86. The molecule has 1 aromatic rings. The van der Waals surface area contributed by atoms with Gasteiger partial charge in [0.05, 0.1) is 17.9 Å². The van der Waals surface area contributed by atoms with Crippen LogP contribution in [0.5, 0.6) is 0 Å². The van der Waals surface area contributed by atoms with Crippen LogP contribution >= 0.6 is 0 Å². The molecule has 4 nitrogen and oxygen atoms in total. The molecule has 2 unspecified atom stereocenters. The SMILES string of the molecule is CNC(CCN1CCCC(N(C)C)C1)c1ccc(F)cn1. The summed E-state index contributed by atoms with van der Waals surface area (Å²) in [4.78, 5) is 9.04. The molecule has 2 atom stereocenters. The predicted molar refractivity (Wildman–Crippen MR) is 83.8 cm³/mol. The number of hydrogen-bond acceptors (Lipinski definition) is 4. The van der Waals surface area contributed by atoms with Gasteiger partial charge < -0.3 is 15.1 Å². The number of likely N-dealkylation sites (tertiary alicyclic amines) is 1. The van der Waals surface area contributed by atoms with Gasteiger partial charge in [0.1, 0.15) is 5.82 Å². The molecule has 0 aliphatic carbocycles. The minimum absolute atomic E-state index is 0.185. The molecule has 0 spiro atoms. The first-order valence-electron chi connectivity index (χ1n) is 7.77. The van der Waals surface area contributed by atoms with E-state index in [4.69, 9.17) is 0 Å². The van der Waals surface area contributed by atoms with E-state index < -0.39 is 0 Å². The van der Waals surface area contributed by atoms with E-state index in [9.17, 15) is 4.39 Å². The van der Waals surface area contributed by atoms with Crippen molar-refractivity contribution in [2.75, 3.05) is 40.8 Å². The van der Waals surface area contributed by atoms with Crippen LogP contribution in [0.1, 0.15) is 31.0 Å². The van der Waals surface area contributed by atoms with E-state index in [1.807, 2.05) is 7.05 Å². The number of nitrogens with zero attached hydrogens (tertiary/aromatic N) is 3. The van der Waals surface area contributed by atoms with E-state index in [-0.39, 0.29) is 11.9 Å². The van der Waals surface area contributed by atoms with Crippen molar-refractivity contribution in [2.24, 2.45) is 0 Å². The topological polar surface area (TPSA) is 31.4 Å². The lowest BCUT2D eigenvalue weighted by Gasteiger charge is -2.36. The van der Waals surface area contributed by atoms with E-state index >= 15 is 0 Å². The van der Waals surface area contributed by atoms with Crippen molar-refractivity contribution in [1.82, 2.24) is 20.1 Å². The highest BCUT2D eigenvalue weighted by atomic mass is 19.1. The summed E-state index contributed by atoms with van der Waals surface area (Å²) in [6.45, 7) is 3.37. The fraction of sp³-hybridized carbons (Fsp3) is 0.688. The third-order valence-corrected chi connectivity index (χ3v) is 4.40. The Bertz CT molecular complexity index is 421. The van der Waals surface area contributed by atoms with Crippen LogP contribution in [0.25, 0.3) is 0 Å². The largest absolute Gasteiger partial charge is 0.312 e. The van der Waals surface area contributed by atoms with Crippen LogP contribution in [0.4, 0.5) is 4.39 Å². The summed E-state index contributed by atoms with van der Waals surface area (Å²) >= 11 is 0. The molecule has 0 saturated carbocycles. The summed E-state index contributed by atoms with van der Waals surface area (Å²) < 4.78 is 13.0. The van der Waals surface area contributed by atoms with Gasteiger partial charge >= 0.3 is 0 Å². The lowest BCUT2D eigenvalue weighted by Crippen LogP contribution is -2.45. The van der Waals surface area contributed by atoms with Crippen molar-refractivity contribution >= 4 is 0 Å². The zero-order chi connectivity index (χ0) is 15.2. The van der Waals surface area contributed by atoms with Gasteiger partial charge in [-0.05, 0) is 59.1 Å². The average Bonchev–Trinajstić information content (AvgIpc) is 2.50. The van der Waals surface area contributed by atoms with Crippen LogP contribution in [0.3, 0.4) is 0 Å². The minimum atomic E-state index is -0.279. The summed E-state index contributed by atoms with van der Waals surface area (Å²) in [5.74, 6) is -0.279. The van der Waals surface area contributed by atoms with Crippen molar-refractivity contribution in [3.63, 3.8) is 0 Å². The quantitative estimate of drug-likeness (QED) is 0.868. The summed E-state index contributed by atoms with van der Waals surface area (Å²) in [6, 6.07) is 4.10. The standard InChI is InChI=1S/C16H27FN4/c1-18-15(16-7-6-13(17)11-19-16)8-10-21-9-4-5-14(12-21)20(2)3/h6-7,11,14-15,18H,4-5,8-10,12H2,1-3H3. The molecule has 0 bridgehead atoms. The van der Waals surface area contributed by atoms with E-state index in [0.717, 1.165) is 25.2 Å². The molecule has 21 heavy (non-hydrogen) atoms. The average molecular weight is 294 g/mol. The van der Waals surface area contributed by atoms with Gasteiger partial charge in [0.15, 0.2) is 0 Å². The monoisotopic (exact) mass is 294 g/mol. The Morgan fingerprint density at radius 1 is 1.48 bits per heavy atom. The maximum absolute atomic E-state index is 13.0. The highest BCUT2D eigenvalue weighted by Crippen LogP contribution is 2.18. The first-order chi connectivity index (χ1) is 10.1. The maximum Gasteiger partial charge on any atom is 0.141 e. The lowest BCUT2D eigenvalue weighted by molar-refractivity contribution is 0.129. The van der Waals surface area contributed by atoms with Gasteiger partial charge in [-0.25, -0.2) is 4.39 Å². The van der Waals surface area contributed by atoms with Crippen LogP contribution in [0.15, 0.2) is 18.3 Å². The number of nitrogens with one attached hydrogen (secondary N) is 1. The van der Waals surface area contributed by atoms with Gasteiger partial charge in [-0.1, -0.05) is 0 Å². The van der Waals surface area contributed by atoms with Gasteiger partial charge in [-0.3, -0.25) is 4.98 Å². The molecule has 0 aromatic carbocycles. The first-order valence-corrected chi connectivity index (χ1v) is 7.77. The third kappa shape index (κ3) is 4.73. The van der Waals surface area contributed by atoms with E-state index in [2.05, 4.69) is 34.2 Å². The molecule has 1 aromatic heterocycles. The zero-order valence-electron chi connectivity index (χ0n) is 13.3. The summed E-state index contributed by atoms with van der Waals surface area (Å²) in [7, 11) is 6.26. The molecular formula is C16H27FN4. The third-order valence-electron chi connectivity index (χ3n) is 4.40. The number of piperidine rings is 1. The molecular weight excluding hydrogens is 267 g/mol. The minimum Gasteiger partial charge on any atom is -0.312 e. The molecule has 1 aliphatic rings. The molecule has 0 radical (unpaired) electrons. The summed E-state index contributed by atoms with van der Waals surface area (Å²) in [5.41, 5.74) is 0.917. The number of likely N-dealkylation sites (N-methyl/N-ethyl adjacent to an activating group) is 1. The van der Waals surface area contributed by atoms with Crippen molar-refractivity contribution in [3.05, 3.63) is 29.8 Å². The van der Waals surface area contributed by atoms with Gasteiger partial charge in [0, 0.05) is 19.1 Å². The molecule has 118 valence electrons. The maximum atomic E-state index is 13.0. The van der Waals surface area contributed by atoms with Gasteiger partial charge in [-0.15, -0.1) is 0 Å². The van der Waals surface area contributed by atoms with Crippen LogP contribution < -0.4 is 5.32 Å². The number of rotatable bonds is 6. The van der Waals surface area contributed by atoms with E-state index in [1.54, 1.807) is 6.07 Å². The van der Waals surface area contributed by atoms with Gasteiger partial charge in [-0.2, -0.15) is 0 Å². The van der Waals surface area contributed by atoms with Crippen LogP contribution in [-0.2, 0) is 0 Å². The molecule has 5 heteroatoms.